The lowest BCUT2D eigenvalue weighted by Gasteiger charge is -2.24. The number of carbonyl (C=O) groups excluding carboxylic acids is 1. The molecule has 5 rings (SSSR count). The average Bonchev–Trinajstić information content (AvgIpc) is 3.54. The van der Waals surface area contributed by atoms with Gasteiger partial charge in [0.25, 0.3) is 5.56 Å². The Kier molecular flexibility index (Phi) is 6.28. The molecule has 0 N–H and O–H groups in total. The van der Waals surface area contributed by atoms with Crippen LogP contribution in [0.4, 0.5) is 0 Å². The molecule has 32 heavy (non-hydrogen) atoms. The standard InChI is InChI=1S/C25H27N3O3S/c29-23-20-12-4-5-13-21(20)26-25(28(23)17-19-11-8-16-31-19)32-22(18-9-2-1-3-10-18)24(30)27-14-6-7-15-27/h1-5,9-10,12-13,19,22H,6-8,11,14-17H2/t19-,22+/m1/s1. The molecule has 0 aliphatic carbocycles. The molecule has 3 heterocycles. The van der Waals surface area contributed by atoms with E-state index in [2.05, 4.69) is 0 Å². The van der Waals surface area contributed by atoms with Gasteiger partial charge in [-0.3, -0.25) is 14.2 Å². The second kappa shape index (κ2) is 9.46. The van der Waals surface area contributed by atoms with Gasteiger partial charge in [-0.1, -0.05) is 54.2 Å². The molecule has 6 nitrogen and oxygen atoms in total. The predicted octanol–water partition coefficient (Wildman–Crippen LogP) is 4.03. The zero-order valence-corrected chi connectivity index (χ0v) is 18.8. The molecule has 0 bridgehead atoms. The van der Waals surface area contributed by atoms with Crippen molar-refractivity contribution in [3.05, 3.63) is 70.5 Å². The van der Waals surface area contributed by atoms with Crippen LogP contribution in [0.25, 0.3) is 10.9 Å². The third-order valence-electron chi connectivity index (χ3n) is 6.20. The van der Waals surface area contributed by atoms with Gasteiger partial charge in [-0.05, 0) is 43.4 Å². The van der Waals surface area contributed by atoms with Crippen LogP contribution in [0, 0.1) is 0 Å². The summed E-state index contributed by atoms with van der Waals surface area (Å²) in [5.41, 5.74) is 1.51. The van der Waals surface area contributed by atoms with E-state index in [1.807, 2.05) is 59.5 Å². The Hall–Kier alpha value is -2.64. The monoisotopic (exact) mass is 449 g/mol. The van der Waals surface area contributed by atoms with Gasteiger partial charge in [-0.2, -0.15) is 0 Å². The van der Waals surface area contributed by atoms with Gasteiger partial charge < -0.3 is 9.64 Å². The Morgan fingerprint density at radius 2 is 1.81 bits per heavy atom. The van der Waals surface area contributed by atoms with Crippen LogP contribution in [-0.2, 0) is 16.1 Å². The molecule has 2 aromatic carbocycles. The molecule has 2 aliphatic heterocycles. The lowest BCUT2D eigenvalue weighted by Crippen LogP contribution is -2.33. The van der Waals surface area contributed by atoms with Gasteiger partial charge in [0.15, 0.2) is 5.16 Å². The van der Waals surface area contributed by atoms with Crippen LogP contribution in [0.1, 0.15) is 36.5 Å². The molecule has 3 aromatic rings. The van der Waals surface area contributed by atoms with E-state index in [-0.39, 0.29) is 17.6 Å². The summed E-state index contributed by atoms with van der Waals surface area (Å²) < 4.78 is 7.54. The first-order chi connectivity index (χ1) is 15.7. The Balaban J connectivity index is 1.57. The minimum absolute atomic E-state index is 0.000490. The van der Waals surface area contributed by atoms with Crippen LogP contribution in [0.3, 0.4) is 0 Å². The Labute approximate surface area is 191 Å². The topological polar surface area (TPSA) is 64.4 Å². The molecule has 2 atom stereocenters. The summed E-state index contributed by atoms with van der Waals surface area (Å²) in [5.74, 6) is 0.0878. The van der Waals surface area contributed by atoms with Crippen molar-refractivity contribution in [2.75, 3.05) is 19.7 Å². The molecule has 2 aliphatic rings. The molecular weight excluding hydrogens is 422 g/mol. The SMILES string of the molecule is O=C([C@@H](Sc1nc2ccccc2c(=O)n1C[C@H]1CCCO1)c1ccccc1)N1CCCC1. The highest BCUT2D eigenvalue weighted by Crippen LogP contribution is 2.37. The van der Waals surface area contributed by atoms with Gasteiger partial charge in [0, 0.05) is 19.7 Å². The van der Waals surface area contributed by atoms with Gasteiger partial charge in [-0.25, -0.2) is 4.98 Å². The highest BCUT2D eigenvalue weighted by Gasteiger charge is 2.31. The first-order valence-corrected chi connectivity index (χ1v) is 12.2. The number of benzene rings is 2. The first kappa shape index (κ1) is 21.2. The fourth-order valence-electron chi connectivity index (χ4n) is 4.49. The van der Waals surface area contributed by atoms with E-state index < -0.39 is 5.25 Å². The third-order valence-corrected chi connectivity index (χ3v) is 7.44. The van der Waals surface area contributed by atoms with Crippen LogP contribution >= 0.6 is 11.8 Å². The second-order valence-corrected chi connectivity index (χ2v) is 9.48. The van der Waals surface area contributed by atoms with Crippen LogP contribution in [-0.4, -0.2) is 46.2 Å². The van der Waals surface area contributed by atoms with Crippen molar-refractivity contribution in [1.29, 1.82) is 0 Å². The Bertz CT molecular complexity index is 1150. The van der Waals surface area contributed by atoms with E-state index in [1.165, 1.54) is 11.8 Å². The Morgan fingerprint density at radius 3 is 2.56 bits per heavy atom. The van der Waals surface area contributed by atoms with Crippen LogP contribution < -0.4 is 5.56 Å². The van der Waals surface area contributed by atoms with Gasteiger partial charge in [0.05, 0.1) is 23.6 Å². The number of amides is 1. The lowest BCUT2D eigenvalue weighted by atomic mass is 10.1. The minimum atomic E-state index is -0.446. The Morgan fingerprint density at radius 1 is 1.06 bits per heavy atom. The van der Waals surface area contributed by atoms with Crippen molar-refractivity contribution < 1.29 is 9.53 Å². The quantitative estimate of drug-likeness (QED) is 0.420. The number of hydrogen-bond acceptors (Lipinski definition) is 5. The molecule has 7 heteroatoms. The average molecular weight is 450 g/mol. The second-order valence-electron chi connectivity index (χ2n) is 8.40. The van der Waals surface area contributed by atoms with Crippen LogP contribution in [0.15, 0.2) is 64.5 Å². The van der Waals surface area contributed by atoms with Crippen LogP contribution in [0.2, 0.25) is 0 Å². The number of carbonyl (C=O) groups is 1. The maximum atomic E-state index is 13.5. The van der Waals surface area contributed by atoms with E-state index in [0.717, 1.165) is 50.9 Å². The first-order valence-electron chi connectivity index (χ1n) is 11.3. The summed E-state index contributed by atoms with van der Waals surface area (Å²) in [7, 11) is 0. The number of ether oxygens (including phenoxy) is 1. The molecular formula is C25H27N3O3S. The lowest BCUT2D eigenvalue weighted by molar-refractivity contribution is -0.129. The van der Waals surface area contributed by atoms with E-state index in [1.54, 1.807) is 4.57 Å². The number of hydrogen-bond donors (Lipinski definition) is 0. The number of rotatable bonds is 6. The highest BCUT2D eigenvalue weighted by atomic mass is 32.2. The number of para-hydroxylation sites is 1. The maximum absolute atomic E-state index is 13.5. The summed E-state index contributed by atoms with van der Waals surface area (Å²) >= 11 is 1.38. The number of nitrogens with zero attached hydrogens (tertiary/aromatic N) is 3. The minimum Gasteiger partial charge on any atom is -0.376 e. The molecule has 0 spiro atoms. The summed E-state index contributed by atoms with van der Waals surface area (Å²) in [6, 6.07) is 17.2. The van der Waals surface area contributed by atoms with Gasteiger partial charge in [0.2, 0.25) is 5.91 Å². The largest absolute Gasteiger partial charge is 0.376 e. The molecule has 0 saturated carbocycles. The molecule has 1 aromatic heterocycles. The summed E-state index contributed by atoms with van der Waals surface area (Å²) in [6.45, 7) is 2.76. The van der Waals surface area contributed by atoms with E-state index in [4.69, 9.17) is 9.72 Å². The van der Waals surface area contributed by atoms with Crippen molar-refractivity contribution in [3.8, 4) is 0 Å². The van der Waals surface area contributed by atoms with Gasteiger partial charge in [-0.15, -0.1) is 0 Å². The molecule has 0 radical (unpaired) electrons. The molecule has 166 valence electrons. The molecule has 0 unspecified atom stereocenters. The number of aromatic nitrogens is 2. The predicted molar refractivity (Wildman–Crippen MR) is 126 cm³/mol. The van der Waals surface area contributed by atoms with Gasteiger partial charge in [0.1, 0.15) is 5.25 Å². The maximum Gasteiger partial charge on any atom is 0.262 e. The number of thioether (sulfide) groups is 1. The van der Waals surface area contributed by atoms with Crippen molar-refractivity contribution in [1.82, 2.24) is 14.5 Å². The van der Waals surface area contributed by atoms with Crippen molar-refractivity contribution in [3.63, 3.8) is 0 Å². The number of likely N-dealkylation sites (tertiary alicyclic amines) is 1. The van der Waals surface area contributed by atoms with E-state index in [0.29, 0.717) is 22.6 Å². The smallest absolute Gasteiger partial charge is 0.262 e. The van der Waals surface area contributed by atoms with Crippen molar-refractivity contribution in [2.45, 2.75) is 48.7 Å². The summed E-state index contributed by atoms with van der Waals surface area (Å²) in [4.78, 5) is 33.8. The van der Waals surface area contributed by atoms with Crippen LogP contribution in [0.5, 0.6) is 0 Å². The fourth-order valence-corrected chi connectivity index (χ4v) is 5.68. The zero-order valence-electron chi connectivity index (χ0n) is 18.0. The van der Waals surface area contributed by atoms with Crippen molar-refractivity contribution in [2.24, 2.45) is 0 Å². The highest BCUT2D eigenvalue weighted by molar-refractivity contribution is 8.00. The van der Waals surface area contributed by atoms with Gasteiger partial charge >= 0.3 is 0 Å². The molecule has 1 amide bonds. The molecule has 2 saturated heterocycles. The molecule has 2 fully saturated rings. The van der Waals surface area contributed by atoms with E-state index in [9.17, 15) is 9.59 Å². The van der Waals surface area contributed by atoms with E-state index >= 15 is 0 Å². The number of fused-ring (bicyclic) bond motifs is 1. The fraction of sp³-hybridized carbons (Fsp3) is 0.400. The van der Waals surface area contributed by atoms with Crippen molar-refractivity contribution >= 4 is 28.6 Å². The zero-order chi connectivity index (χ0) is 21.9. The third kappa shape index (κ3) is 4.32. The normalized spacial score (nSPS) is 19.5. The summed E-state index contributed by atoms with van der Waals surface area (Å²) in [5, 5.41) is 0.723. The summed E-state index contributed by atoms with van der Waals surface area (Å²) in [6.07, 6.45) is 4.01.